The van der Waals surface area contributed by atoms with E-state index >= 15 is 0 Å². The largest absolute Gasteiger partial charge is 0.497 e. The summed E-state index contributed by atoms with van der Waals surface area (Å²) in [6.07, 6.45) is 0. The molecule has 0 spiro atoms. The molecule has 0 fully saturated rings. The van der Waals surface area contributed by atoms with Crippen molar-refractivity contribution in [3.8, 4) is 23.0 Å². The van der Waals surface area contributed by atoms with Crippen LogP contribution in [0.1, 0.15) is 5.56 Å². The van der Waals surface area contributed by atoms with Gasteiger partial charge in [-0.25, -0.2) is 26.0 Å². The van der Waals surface area contributed by atoms with Gasteiger partial charge in [-0.15, -0.1) is 0 Å². The lowest BCUT2D eigenvalue weighted by atomic mass is 10.1. The summed E-state index contributed by atoms with van der Waals surface area (Å²) in [5.74, 6) is -7.39. The molecule has 0 unspecified atom stereocenters. The molecule has 0 bridgehead atoms. The highest BCUT2D eigenvalue weighted by atomic mass is 32.2. The highest BCUT2D eigenvalue weighted by Gasteiger charge is 2.34. The van der Waals surface area contributed by atoms with Crippen molar-refractivity contribution in [2.75, 3.05) is 32.7 Å². The molecular formula is C23H21F4NO6S. The maximum atomic E-state index is 14.6. The summed E-state index contributed by atoms with van der Waals surface area (Å²) in [4.78, 5) is -1.40. The minimum Gasteiger partial charge on any atom is -0.497 e. The van der Waals surface area contributed by atoms with Crippen LogP contribution in [0.3, 0.4) is 0 Å². The van der Waals surface area contributed by atoms with E-state index in [-0.39, 0.29) is 23.3 Å². The van der Waals surface area contributed by atoms with E-state index in [1.807, 2.05) is 0 Å². The molecule has 0 heterocycles. The number of anilines is 1. The maximum Gasteiger partial charge on any atom is 0.267 e. The van der Waals surface area contributed by atoms with Gasteiger partial charge >= 0.3 is 0 Å². The Kier molecular flexibility index (Phi) is 7.64. The number of hydrogen-bond donors (Lipinski definition) is 0. The van der Waals surface area contributed by atoms with Gasteiger partial charge in [0.15, 0.2) is 23.3 Å². The van der Waals surface area contributed by atoms with Gasteiger partial charge in [-0.05, 0) is 24.3 Å². The fourth-order valence-corrected chi connectivity index (χ4v) is 4.81. The first-order valence-electron chi connectivity index (χ1n) is 9.87. The van der Waals surface area contributed by atoms with E-state index in [2.05, 4.69) is 0 Å². The zero-order valence-corrected chi connectivity index (χ0v) is 19.9. The Morgan fingerprint density at radius 2 is 1.29 bits per heavy atom. The summed E-state index contributed by atoms with van der Waals surface area (Å²) in [6.45, 7) is -0.488. The van der Waals surface area contributed by atoms with Crippen molar-refractivity contribution >= 4 is 15.7 Å². The van der Waals surface area contributed by atoms with Gasteiger partial charge in [-0.3, -0.25) is 4.31 Å². The Bertz CT molecular complexity index is 1350. The molecule has 0 amide bonds. The van der Waals surface area contributed by atoms with Gasteiger partial charge in [0.1, 0.15) is 27.9 Å². The van der Waals surface area contributed by atoms with Crippen molar-refractivity contribution in [2.24, 2.45) is 0 Å². The van der Waals surface area contributed by atoms with Gasteiger partial charge in [0.2, 0.25) is 0 Å². The van der Waals surface area contributed by atoms with Crippen molar-refractivity contribution in [1.29, 1.82) is 0 Å². The number of ether oxygens (including phenoxy) is 4. The molecule has 0 saturated carbocycles. The van der Waals surface area contributed by atoms with Crippen LogP contribution in [0.25, 0.3) is 0 Å². The van der Waals surface area contributed by atoms with Crippen LogP contribution in [0.4, 0.5) is 23.2 Å². The SMILES string of the molecule is COc1ccc(CN(c2ccc(OC)cc2OC)S(=O)(=O)c2cc(F)c(F)c(F)c2F)c(OC)c1. The van der Waals surface area contributed by atoms with Crippen LogP contribution in [0.5, 0.6) is 23.0 Å². The quantitative estimate of drug-likeness (QED) is 0.234. The number of halogens is 4. The third kappa shape index (κ3) is 4.92. The van der Waals surface area contributed by atoms with Gasteiger partial charge in [0.05, 0.1) is 40.7 Å². The molecule has 188 valence electrons. The molecule has 0 aliphatic heterocycles. The van der Waals surface area contributed by atoms with E-state index in [1.165, 1.54) is 64.8 Å². The molecule has 0 aromatic heterocycles. The lowest BCUT2D eigenvalue weighted by molar-refractivity contribution is 0.390. The average molecular weight is 515 g/mol. The summed E-state index contributed by atoms with van der Waals surface area (Å²) in [5, 5.41) is 0. The second-order valence-electron chi connectivity index (χ2n) is 7.03. The molecule has 0 radical (unpaired) electrons. The molecule has 12 heteroatoms. The van der Waals surface area contributed by atoms with E-state index in [0.717, 1.165) is 0 Å². The normalized spacial score (nSPS) is 11.2. The zero-order valence-electron chi connectivity index (χ0n) is 19.1. The molecule has 0 N–H and O–H groups in total. The van der Waals surface area contributed by atoms with Crippen molar-refractivity contribution in [1.82, 2.24) is 0 Å². The van der Waals surface area contributed by atoms with Crippen molar-refractivity contribution in [2.45, 2.75) is 11.4 Å². The maximum absolute atomic E-state index is 14.6. The smallest absolute Gasteiger partial charge is 0.267 e. The second-order valence-corrected chi connectivity index (χ2v) is 8.86. The van der Waals surface area contributed by atoms with Crippen molar-refractivity contribution in [3.63, 3.8) is 0 Å². The topological polar surface area (TPSA) is 74.3 Å². The third-order valence-electron chi connectivity index (χ3n) is 5.10. The average Bonchev–Trinajstić information content (AvgIpc) is 2.87. The molecule has 3 aromatic carbocycles. The number of benzene rings is 3. The highest BCUT2D eigenvalue weighted by Crippen LogP contribution is 2.39. The fraction of sp³-hybridized carbons (Fsp3) is 0.217. The van der Waals surface area contributed by atoms with E-state index in [9.17, 15) is 26.0 Å². The van der Waals surface area contributed by atoms with Crippen molar-refractivity contribution in [3.05, 3.63) is 71.3 Å². The molecular weight excluding hydrogens is 494 g/mol. The van der Waals surface area contributed by atoms with E-state index in [1.54, 1.807) is 0 Å². The molecule has 0 aliphatic carbocycles. The first-order chi connectivity index (χ1) is 16.6. The molecule has 35 heavy (non-hydrogen) atoms. The van der Waals surface area contributed by atoms with E-state index in [4.69, 9.17) is 18.9 Å². The molecule has 3 aromatic rings. The number of nitrogens with zero attached hydrogens (tertiary/aromatic N) is 1. The van der Waals surface area contributed by atoms with Gasteiger partial charge in [0.25, 0.3) is 10.0 Å². The van der Waals surface area contributed by atoms with Gasteiger partial charge in [-0.2, -0.15) is 0 Å². The van der Waals surface area contributed by atoms with Gasteiger partial charge in [0, 0.05) is 23.8 Å². The number of sulfonamides is 1. The third-order valence-corrected chi connectivity index (χ3v) is 6.86. The van der Waals surface area contributed by atoms with Crippen LogP contribution in [0.15, 0.2) is 47.4 Å². The summed E-state index contributed by atoms with van der Waals surface area (Å²) in [6, 6.07) is 8.68. The van der Waals surface area contributed by atoms with Crippen LogP contribution in [0, 0.1) is 23.3 Å². The highest BCUT2D eigenvalue weighted by molar-refractivity contribution is 7.92. The number of hydrogen-bond acceptors (Lipinski definition) is 6. The Balaban J connectivity index is 2.28. The predicted molar refractivity (Wildman–Crippen MR) is 119 cm³/mol. The fourth-order valence-electron chi connectivity index (χ4n) is 3.29. The Hall–Kier alpha value is -3.67. The molecule has 0 atom stereocenters. The summed E-state index contributed by atoms with van der Waals surface area (Å²) in [5.41, 5.74) is 0.175. The Morgan fingerprint density at radius 3 is 1.86 bits per heavy atom. The monoisotopic (exact) mass is 515 g/mol. The van der Waals surface area contributed by atoms with Crippen LogP contribution in [0.2, 0.25) is 0 Å². The standard InChI is InChI=1S/C23H21F4NO6S/c1-31-14-6-5-13(18(9-14)33-3)12-28(17-8-7-15(32-2)10-19(17)34-4)35(29,30)20-11-16(24)21(25)23(27)22(20)26/h5-11H,12H2,1-4H3. The van der Waals surface area contributed by atoms with E-state index in [0.29, 0.717) is 21.4 Å². The summed E-state index contributed by atoms with van der Waals surface area (Å²) < 4.78 is 105. The van der Waals surface area contributed by atoms with Gasteiger partial charge in [-0.1, -0.05) is 0 Å². The van der Waals surface area contributed by atoms with Crippen LogP contribution in [-0.4, -0.2) is 36.9 Å². The summed E-state index contributed by atoms with van der Waals surface area (Å²) in [7, 11) is 0.372. The van der Waals surface area contributed by atoms with Crippen LogP contribution >= 0.6 is 0 Å². The predicted octanol–water partition coefficient (Wildman–Crippen LogP) is 4.67. The summed E-state index contributed by atoms with van der Waals surface area (Å²) >= 11 is 0. The first-order valence-corrected chi connectivity index (χ1v) is 11.3. The van der Waals surface area contributed by atoms with E-state index < -0.39 is 44.7 Å². The molecule has 0 saturated heterocycles. The lowest BCUT2D eigenvalue weighted by Crippen LogP contribution is -2.32. The minimum absolute atomic E-state index is 0.0103. The molecule has 3 rings (SSSR count). The lowest BCUT2D eigenvalue weighted by Gasteiger charge is -2.27. The number of methoxy groups -OCH3 is 4. The first kappa shape index (κ1) is 25.9. The molecule has 0 aliphatic rings. The van der Waals surface area contributed by atoms with Gasteiger partial charge < -0.3 is 18.9 Å². The van der Waals surface area contributed by atoms with Crippen LogP contribution < -0.4 is 23.3 Å². The molecule has 7 nitrogen and oxygen atoms in total. The minimum atomic E-state index is -5.03. The second kappa shape index (κ2) is 10.3. The van der Waals surface area contributed by atoms with Crippen molar-refractivity contribution < 1.29 is 44.9 Å². The Labute approximate surface area is 199 Å². The zero-order chi connectivity index (χ0) is 25.9. The van der Waals surface area contributed by atoms with Crippen LogP contribution in [-0.2, 0) is 16.6 Å². The number of rotatable bonds is 9. The Morgan fingerprint density at radius 1 is 0.714 bits per heavy atom.